The zero-order valence-electron chi connectivity index (χ0n) is 31.8. The van der Waals surface area contributed by atoms with E-state index in [4.69, 9.17) is 14.9 Å². The second-order valence-electron chi connectivity index (χ2n) is 14.8. The van der Waals surface area contributed by atoms with Crippen LogP contribution in [0.25, 0.3) is 11.0 Å². The molecule has 8 rings (SSSR count). The van der Waals surface area contributed by atoms with E-state index in [2.05, 4.69) is 84.3 Å². The van der Waals surface area contributed by atoms with Crippen LogP contribution in [0.3, 0.4) is 0 Å². The monoisotopic (exact) mass is 712 g/mol. The molecule has 0 aliphatic heterocycles. The molecule has 0 saturated heterocycles. The Kier molecular flexibility index (Phi) is 12.1. The van der Waals surface area contributed by atoms with Crippen molar-refractivity contribution in [1.82, 2.24) is 29.0 Å². The predicted molar refractivity (Wildman–Crippen MR) is 214 cm³/mol. The summed E-state index contributed by atoms with van der Waals surface area (Å²) in [5, 5.41) is 19.7. The Morgan fingerprint density at radius 3 is 1.72 bits per heavy atom. The van der Waals surface area contributed by atoms with E-state index in [-0.39, 0.29) is 0 Å². The molecule has 8 heteroatoms. The van der Waals surface area contributed by atoms with Crippen LogP contribution in [0, 0.1) is 0 Å². The highest BCUT2D eigenvalue weighted by Gasteiger charge is 2.27. The van der Waals surface area contributed by atoms with Gasteiger partial charge in [0, 0.05) is 50.4 Å². The Morgan fingerprint density at radius 2 is 1.19 bits per heavy atom. The van der Waals surface area contributed by atoms with Gasteiger partial charge in [0.25, 0.3) is 0 Å². The van der Waals surface area contributed by atoms with E-state index in [0.717, 1.165) is 93.6 Å². The highest BCUT2D eigenvalue weighted by molar-refractivity contribution is 5.48. The van der Waals surface area contributed by atoms with E-state index in [1.54, 1.807) is 7.11 Å². The Bertz CT molecular complexity index is 2000. The van der Waals surface area contributed by atoms with E-state index < -0.39 is 0 Å². The number of ether oxygens (including phenoxy) is 1. The molecule has 4 aromatic heterocycles. The molecule has 2 atom stereocenters. The number of phenolic OH excluding ortho intramolecular Hbond substituents is 1. The molecule has 0 amide bonds. The smallest absolute Gasteiger partial charge is 0.122 e. The molecule has 2 aliphatic rings. The number of benzene rings is 2. The molecular formula is C45H56N6O2. The number of phenols is 1. The molecule has 0 fully saturated rings. The first-order valence-corrected chi connectivity index (χ1v) is 19.8. The van der Waals surface area contributed by atoms with Gasteiger partial charge in [0.15, 0.2) is 0 Å². The lowest BCUT2D eigenvalue weighted by Crippen LogP contribution is -2.41. The molecule has 0 spiro atoms. The number of aryl methyl sites for hydroxylation is 2. The lowest BCUT2D eigenvalue weighted by molar-refractivity contribution is 0.180. The SMILES string of the molecule is CCCN(CCc1cc2ccccn2n1)C1CCc2cccc(O)c2C1.CCCN(CCc1cc2ccccn2n1)C1CCc2cccc(OC)c2C1. The molecule has 0 radical (unpaired) electrons. The van der Waals surface area contributed by atoms with Gasteiger partial charge in [-0.2, -0.15) is 10.2 Å². The Balaban J connectivity index is 0.000000164. The zero-order chi connectivity index (χ0) is 36.6. The summed E-state index contributed by atoms with van der Waals surface area (Å²) in [6.07, 6.45) is 15.0. The van der Waals surface area contributed by atoms with Gasteiger partial charge in [-0.15, -0.1) is 0 Å². The average molecular weight is 713 g/mol. The summed E-state index contributed by atoms with van der Waals surface area (Å²) >= 11 is 0. The van der Waals surface area contributed by atoms with Crippen molar-refractivity contribution in [2.75, 3.05) is 33.3 Å². The number of fused-ring (bicyclic) bond motifs is 4. The molecule has 2 unspecified atom stereocenters. The van der Waals surface area contributed by atoms with Crippen LogP contribution in [0.15, 0.2) is 97.3 Å². The lowest BCUT2D eigenvalue weighted by Gasteiger charge is -2.35. The van der Waals surface area contributed by atoms with Crippen LogP contribution < -0.4 is 4.74 Å². The molecule has 4 heterocycles. The van der Waals surface area contributed by atoms with Gasteiger partial charge in [0.2, 0.25) is 0 Å². The number of rotatable bonds is 13. The topological polar surface area (TPSA) is 70.5 Å². The first kappa shape index (κ1) is 36.7. The fourth-order valence-electron chi connectivity index (χ4n) is 8.57. The molecule has 278 valence electrons. The summed E-state index contributed by atoms with van der Waals surface area (Å²) in [7, 11) is 1.78. The number of hydrogen-bond acceptors (Lipinski definition) is 6. The molecule has 53 heavy (non-hydrogen) atoms. The van der Waals surface area contributed by atoms with Crippen LogP contribution >= 0.6 is 0 Å². The van der Waals surface area contributed by atoms with Crippen LogP contribution in [-0.4, -0.2) is 79.5 Å². The number of hydrogen-bond donors (Lipinski definition) is 1. The Morgan fingerprint density at radius 1 is 0.660 bits per heavy atom. The second kappa shape index (κ2) is 17.4. The molecule has 6 aromatic rings. The maximum absolute atomic E-state index is 10.2. The lowest BCUT2D eigenvalue weighted by atomic mass is 9.86. The predicted octanol–water partition coefficient (Wildman–Crippen LogP) is 8.01. The van der Waals surface area contributed by atoms with Gasteiger partial charge in [-0.05, 0) is 135 Å². The van der Waals surface area contributed by atoms with Crippen LogP contribution in [0.5, 0.6) is 11.5 Å². The van der Waals surface area contributed by atoms with Crippen LogP contribution in [0.4, 0.5) is 0 Å². The third-order valence-corrected chi connectivity index (χ3v) is 11.3. The molecule has 1 N–H and O–H groups in total. The van der Waals surface area contributed by atoms with E-state index in [1.807, 2.05) is 45.7 Å². The molecule has 8 nitrogen and oxygen atoms in total. The zero-order valence-corrected chi connectivity index (χ0v) is 31.8. The summed E-state index contributed by atoms with van der Waals surface area (Å²) in [5.41, 5.74) is 9.99. The van der Waals surface area contributed by atoms with Crippen molar-refractivity contribution in [2.24, 2.45) is 0 Å². The van der Waals surface area contributed by atoms with Gasteiger partial charge in [-0.1, -0.05) is 50.2 Å². The minimum atomic E-state index is 0.462. The maximum Gasteiger partial charge on any atom is 0.122 e. The quantitative estimate of drug-likeness (QED) is 0.131. The molecule has 2 aliphatic carbocycles. The number of aromatic hydroxyl groups is 1. The van der Waals surface area contributed by atoms with Crippen LogP contribution in [0.2, 0.25) is 0 Å². The van der Waals surface area contributed by atoms with E-state index in [0.29, 0.717) is 17.8 Å². The standard InChI is InChI=1S/C23H29N3O.C22H27N3O/c1-3-13-25(15-12-19-16-21-8-4-5-14-26(21)24-19)20-11-10-18-7-6-9-23(27-2)22(18)17-20;1-2-12-24(14-11-18-15-20-7-3-4-13-25(20)23-18)19-10-9-17-6-5-8-22(26)21(17)16-19/h4-9,14,16,20H,3,10-13,15,17H2,1-2H3;3-8,13,15,19,26H,2,9-12,14,16H2,1H3. The minimum Gasteiger partial charge on any atom is -0.508 e. The summed E-state index contributed by atoms with van der Waals surface area (Å²) in [4.78, 5) is 5.26. The molecule has 2 aromatic carbocycles. The van der Waals surface area contributed by atoms with E-state index in [1.165, 1.54) is 47.2 Å². The van der Waals surface area contributed by atoms with E-state index in [9.17, 15) is 5.11 Å². The highest BCUT2D eigenvalue weighted by Crippen LogP contribution is 2.33. The number of methoxy groups -OCH3 is 1. The van der Waals surface area contributed by atoms with Gasteiger partial charge in [-0.3, -0.25) is 9.80 Å². The third kappa shape index (κ3) is 8.77. The molecule has 0 bridgehead atoms. The van der Waals surface area contributed by atoms with Gasteiger partial charge in [-0.25, -0.2) is 9.03 Å². The first-order valence-electron chi connectivity index (χ1n) is 19.8. The summed E-state index contributed by atoms with van der Waals surface area (Å²) in [5.74, 6) is 1.51. The number of nitrogens with zero attached hydrogens (tertiary/aromatic N) is 6. The van der Waals surface area contributed by atoms with Crippen molar-refractivity contribution >= 4 is 11.0 Å². The number of aromatic nitrogens is 4. The first-order chi connectivity index (χ1) is 26.0. The van der Waals surface area contributed by atoms with Gasteiger partial charge < -0.3 is 9.84 Å². The Hall–Kier alpha value is -4.66. The van der Waals surface area contributed by atoms with Crippen LogP contribution in [-0.2, 0) is 38.5 Å². The van der Waals surface area contributed by atoms with Gasteiger partial charge in [0.05, 0.1) is 29.5 Å². The van der Waals surface area contributed by atoms with Gasteiger partial charge >= 0.3 is 0 Å². The number of pyridine rings is 2. The fourth-order valence-corrected chi connectivity index (χ4v) is 8.57. The summed E-state index contributed by atoms with van der Waals surface area (Å²) < 4.78 is 9.56. The van der Waals surface area contributed by atoms with E-state index >= 15 is 0 Å². The van der Waals surface area contributed by atoms with Crippen molar-refractivity contribution in [3.05, 3.63) is 131 Å². The molecular weight excluding hydrogens is 657 g/mol. The summed E-state index contributed by atoms with van der Waals surface area (Å²) in [6, 6.07) is 30.3. The fraction of sp³-hybridized carbons (Fsp3) is 0.422. The van der Waals surface area contributed by atoms with Crippen molar-refractivity contribution in [1.29, 1.82) is 0 Å². The van der Waals surface area contributed by atoms with Crippen LogP contribution in [0.1, 0.15) is 73.2 Å². The normalized spacial score (nSPS) is 16.8. The average Bonchev–Trinajstić information content (AvgIpc) is 3.82. The van der Waals surface area contributed by atoms with Crippen molar-refractivity contribution in [3.8, 4) is 11.5 Å². The largest absolute Gasteiger partial charge is 0.508 e. The van der Waals surface area contributed by atoms with Crippen molar-refractivity contribution in [2.45, 2.75) is 90.1 Å². The van der Waals surface area contributed by atoms with Crippen molar-refractivity contribution in [3.63, 3.8) is 0 Å². The minimum absolute atomic E-state index is 0.462. The molecule has 0 saturated carbocycles. The maximum atomic E-state index is 10.2. The summed E-state index contributed by atoms with van der Waals surface area (Å²) in [6.45, 7) is 8.84. The second-order valence-corrected chi connectivity index (χ2v) is 14.8. The highest BCUT2D eigenvalue weighted by atomic mass is 16.5. The van der Waals surface area contributed by atoms with Gasteiger partial charge in [0.1, 0.15) is 11.5 Å². The van der Waals surface area contributed by atoms with Crippen molar-refractivity contribution < 1.29 is 9.84 Å². The Labute approximate surface area is 315 Å². The third-order valence-electron chi connectivity index (χ3n) is 11.3.